The second-order valence-corrected chi connectivity index (χ2v) is 8.20. The lowest BCUT2D eigenvalue weighted by atomic mass is 9.97. The van der Waals surface area contributed by atoms with E-state index in [0.717, 1.165) is 17.5 Å². The summed E-state index contributed by atoms with van der Waals surface area (Å²) in [6.07, 6.45) is 0.875. The summed E-state index contributed by atoms with van der Waals surface area (Å²) in [4.78, 5) is 12.5. The van der Waals surface area contributed by atoms with E-state index in [1.807, 2.05) is 42.5 Å². The van der Waals surface area contributed by atoms with Gasteiger partial charge < -0.3 is 9.73 Å². The van der Waals surface area contributed by atoms with Crippen LogP contribution in [0.25, 0.3) is 11.5 Å². The van der Waals surface area contributed by atoms with Crippen molar-refractivity contribution < 1.29 is 9.21 Å². The number of halogens is 1. The van der Waals surface area contributed by atoms with E-state index in [4.69, 9.17) is 16.0 Å². The molecule has 3 rings (SSSR count). The van der Waals surface area contributed by atoms with E-state index in [2.05, 4.69) is 29.4 Å². The van der Waals surface area contributed by atoms with Gasteiger partial charge in [-0.05, 0) is 36.1 Å². The third kappa shape index (κ3) is 5.84. The Morgan fingerprint density at radius 3 is 2.64 bits per heavy atom. The molecule has 0 aliphatic carbocycles. The Kier molecular flexibility index (Phi) is 7.12. The first-order valence-corrected chi connectivity index (χ1v) is 10.4. The molecule has 1 atom stereocenters. The van der Waals surface area contributed by atoms with Gasteiger partial charge in [-0.25, -0.2) is 0 Å². The predicted octanol–water partition coefficient (Wildman–Crippen LogP) is 5.39. The molecule has 5 nitrogen and oxygen atoms in total. The van der Waals surface area contributed by atoms with E-state index >= 15 is 0 Å². The van der Waals surface area contributed by atoms with Crippen LogP contribution in [0.2, 0.25) is 5.02 Å². The smallest absolute Gasteiger partial charge is 0.277 e. The van der Waals surface area contributed by atoms with Gasteiger partial charge in [-0.3, -0.25) is 4.79 Å². The summed E-state index contributed by atoms with van der Waals surface area (Å²) >= 11 is 7.21. The molecule has 28 heavy (non-hydrogen) atoms. The van der Waals surface area contributed by atoms with Crippen molar-refractivity contribution >= 4 is 29.3 Å². The van der Waals surface area contributed by atoms with Gasteiger partial charge in [0, 0.05) is 10.6 Å². The Morgan fingerprint density at radius 2 is 1.93 bits per heavy atom. The largest absolute Gasteiger partial charge is 0.411 e. The van der Waals surface area contributed by atoms with Crippen LogP contribution in [-0.4, -0.2) is 21.9 Å². The predicted molar refractivity (Wildman–Crippen MR) is 112 cm³/mol. The molecule has 1 amide bonds. The van der Waals surface area contributed by atoms with Crippen LogP contribution < -0.4 is 5.32 Å². The molecule has 0 fully saturated rings. The highest BCUT2D eigenvalue weighted by Crippen LogP contribution is 2.26. The molecular weight excluding hydrogens is 394 g/mol. The van der Waals surface area contributed by atoms with Crippen LogP contribution in [0.1, 0.15) is 31.9 Å². The standard InChI is InChI=1S/C21H22ClN3O2S/c1-14(2)11-18(15-7-4-3-5-8-15)23-19(26)13-28-21-25-24-20(27-21)16-9-6-10-17(22)12-16/h3-10,12,14,18H,11,13H2,1-2H3,(H,23,26)/t18-/m1/s1. The van der Waals surface area contributed by atoms with Crippen LogP contribution in [-0.2, 0) is 4.79 Å². The molecule has 1 heterocycles. The summed E-state index contributed by atoms with van der Waals surface area (Å²) in [6.45, 7) is 4.29. The average molecular weight is 416 g/mol. The van der Waals surface area contributed by atoms with Gasteiger partial charge in [0.25, 0.3) is 5.22 Å². The third-order valence-electron chi connectivity index (χ3n) is 4.05. The zero-order chi connectivity index (χ0) is 19.9. The number of hydrogen-bond acceptors (Lipinski definition) is 5. The average Bonchev–Trinajstić information content (AvgIpc) is 3.15. The lowest BCUT2D eigenvalue weighted by Crippen LogP contribution is -2.30. The molecule has 0 aliphatic heterocycles. The van der Waals surface area contributed by atoms with E-state index < -0.39 is 0 Å². The van der Waals surface area contributed by atoms with Crippen molar-refractivity contribution in [3.63, 3.8) is 0 Å². The highest BCUT2D eigenvalue weighted by Gasteiger charge is 2.17. The maximum atomic E-state index is 12.5. The van der Waals surface area contributed by atoms with Crippen molar-refractivity contribution in [3.05, 3.63) is 65.2 Å². The van der Waals surface area contributed by atoms with Gasteiger partial charge in [0.05, 0.1) is 11.8 Å². The van der Waals surface area contributed by atoms with Crippen molar-refractivity contribution in [2.45, 2.75) is 31.5 Å². The quantitative estimate of drug-likeness (QED) is 0.500. The topological polar surface area (TPSA) is 68.0 Å². The second kappa shape index (κ2) is 9.75. The molecular formula is C21H22ClN3O2S. The molecule has 0 saturated heterocycles. The van der Waals surface area contributed by atoms with Crippen LogP contribution >= 0.6 is 23.4 Å². The summed E-state index contributed by atoms with van der Waals surface area (Å²) in [7, 11) is 0. The monoisotopic (exact) mass is 415 g/mol. The van der Waals surface area contributed by atoms with Gasteiger partial charge >= 0.3 is 0 Å². The minimum atomic E-state index is -0.0676. The number of nitrogens with zero attached hydrogens (tertiary/aromatic N) is 2. The summed E-state index contributed by atoms with van der Waals surface area (Å²) in [6, 6.07) is 17.2. The fraction of sp³-hybridized carbons (Fsp3) is 0.286. The second-order valence-electron chi connectivity index (χ2n) is 6.83. The molecule has 0 aliphatic rings. The summed E-state index contributed by atoms with van der Waals surface area (Å²) in [5.74, 6) is 0.988. The van der Waals surface area contributed by atoms with Crippen molar-refractivity contribution in [2.75, 3.05) is 5.75 Å². The Hall–Kier alpha value is -2.31. The van der Waals surface area contributed by atoms with Crippen LogP contribution in [0.15, 0.2) is 64.2 Å². The SMILES string of the molecule is CC(C)C[C@@H](NC(=O)CSc1nnc(-c2cccc(Cl)c2)o1)c1ccccc1. The number of amides is 1. The molecule has 0 bridgehead atoms. The molecule has 1 N–H and O–H groups in total. The fourth-order valence-electron chi connectivity index (χ4n) is 2.80. The molecule has 3 aromatic rings. The number of thioether (sulfide) groups is 1. The molecule has 0 radical (unpaired) electrons. The zero-order valence-electron chi connectivity index (χ0n) is 15.8. The van der Waals surface area contributed by atoms with Gasteiger partial charge in [0.15, 0.2) is 0 Å². The van der Waals surface area contributed by atoms with E-state index in [9.17, 15) is 4.79 Å². The third-order valence-corrected chi connectivity index (χ3v) is 5.10. The minimum Gasteiger partial charge on any atom is -0.411 e. The number of carbonyl (C=O) groups is 1. The normalized spacial score (nSPS) is 12.1. The van der Waals surface area contributed by atoms with Gasteiger partial charge in [-0.15, -0.1) is 10.2 Å². The fourth-order valence-corrected chi connectivity index (χ4v) is 3.57. The summed E-state index contributed by atoms with van der Waals surface area (Å²) < 4.78 is 5.63. The first-order chi connectivity index (χ1) is 13.5. The van der Waals surface area contributed by atoms with Gasteiger partial charge in [0.1, 0.15) is 0 Å². The van der Waals surface area contributed by atoms with Gasteiger partial charge in [0.2, 0.25) is 11.8 Å². The Balaban J connectivity index is 1.59. The van der Waals surface area contributed by atoms with Crippen molar-refractivity contribution in [1.82, 2.24) is 15.5 Å². The van der Waals surface area contributed by atoms with Crippen LogP contribution in [0.4, 0.5) is 0 Å². The maximum Gasteiger partial charge on any atom is 0.277 e. The van der Waals surface area contributed by atoms with Gasteiger partial charge in [-0.2, -0.15) is 0 Å². The van der Waals surface area contributed by atoms with Gasteiger partial charge in [-0.1, -0.05) is 73.6 Å². The van der Waals surface area contributed by atoms with Crippen molar-refractivity contribution in [1.29, 1.82) is 0 Å². The van der Waals surface area contributed by atoms with E-state index in [-0.39, 0.29) is 17.7 Å². The lowest BCUT2D eigenvalue weighted by molar-refractivity contribution is -0.119. The Bertz CT molecular complexity index is 915. The van der Waals surface area contributed by atoms with Crippen LogP contribution in [0, 0.1) is 5.92 Å². The lowest BCUT2D eigenvalue weighted by Gasteiger charge is -2.21. The Labute approximate surface area is 173 Å². The molecule has 2 aromatic carbocycles. The number of nitrogens with one attached hydrogen (secondary N) is 1. The molecule has 0 saturated carbocycles. The highest BCUT2D eigenvalue weighted by molar-refractivity contribution is 7.99. The van der Waals surface area contributed by atoms with E-state index in [1.54, 1.807) is 12.1 Å². The summed E-state index contributed by atoms with van der Waals surface area (Å²) in [5.41, 5.74) is 1.85. The highest BCUT2D eigenvalue weighted by atomic mass is 35.5. The van der Waals surface area contributed by atoms with Crippen molar-refractivity contribution in [3.8, 4) is 11.5 Å². The minimum absolute atomic E-state index is 0.0148. The molecule has 7 heteroatoms. The number of benzene rings is 2. The molecule has 146 valence electrons. The molecule has 0 unspecified atom stereocenters. The first-order valence-electron chi connectivity index (χ1n) is 9.08. The maximum absolute atomic E-state index is 12.5. The first kappa shape index (κ1) is 20.4. The van der Waals surface area contributed by atoms with E-state index in [0.29, 0.717) is 22.1 Å². The molecule has 1 aromatic heterocycles. The number of carbonyl (C=O) groups excluding carboxylic acids is 1. The zero-order valence-corrected chi connectivity index (χ0v) is 17.3. The number of aromatic nitrogens is 2. The van der Waals surface area contributed by atoms with Crippen molar-refractivity contribution in [2.24, 2.45) is 5.92 Å². The molecule has 0 spiro atoms. The summed E-state index contributed by atoms with van der Waals surface area (Å²) in [5, 5.41) is 12.1. The number of rotatable bonds is 8. The van der Waals surface area contributed by atoms with E-state index in [1.165, 1.54) is 11.8 Å². The van der Waals surface area contributed by atoms with Crippen LogP contribution in [0.3, 0.4) is 0 Å². The Morgan fingerprint density at radius 1 is 1.14 bits per heavy atom. The number of hydrogen-bond donors (Lipinski definition) is 1. The van der Waals surface area contributed by atoms with Crippen LogP contribution in [0.5, 0.6) is 0 Å².